The van der Waals surface area contributed by atoms with Crippen molar-refractivity contribution >= 4 is 17.0 Å². The Morgan fingerprint density at radius 2 is 2.23 bits per heavy atom. The van der Waals surface area contributed by atoms with Crippen LogP contribution in [-0.4, -0.2) is 9.97 Å². The number of fused-ring (bicyclic) bond motifs is 2. The number of halogens is 1. The summed E-state index contributed by atoms with van der Waals surface area (Å²) in [4.78, 5) is 7.63. The Morgan fingerprint density at radius 3 is 3.09 bits per heavy atom. The van der Waals surface area contributed by atoms with Crippen molar-refractivity contribution in [3.63, 3.8) is 0 Å². The van der Waals surface area contributed by atoms with Crippen LogP contribution in [0.3, 0.4) is 0 Å². The van der Waals surface area contributed by atoms with Crippen molar-refractivity contribution in [1.82, 2.24) is 9.97 Å². The fourth-order valence-electron chi connectivity index (χ4n) is 3.08. The number of benzene rings is 2. The van der Waals surface area contributed by atoms with E-state index in [0.717, 1.165) is 23.9 Å². The number of aryl methyl sites for hydroxylation is 1. The number of aromatic amines is 1. The average molecular weight is 292 g/mol. The second-order valence-electron chi connectivity index (χ2n) is 5.48. The molecule has 1 aliphatic carbocycles. The molecule has 2 N–H and O–H groups in total. The van der Waals surface area contributed by atoms with Gasteiger partial charge in [-0.25, -0.2) is 9.37 Å². The lowest BCUT2D eigenvalue weighted by atomic mass is 10.1. The van der Waals surface area contributed by atoms with Gasteiger partial charge >= 0.3 is 0 Å². The first-order valence-corrected chi connectivity index (χ1v) is 7.18. The SMILES string of the molecule is N#Cc1cccc2[nH]c(NC3CCc4ccc(F)cc43)nc12. The lowest BCUT2D eigenvalue weighted by Crippen LogP contribution is -2.08. The molecule has 0 bridgehead atoms. The molecule has 0 fully saturated rings. The van der Waals surface area contributed by atoms with Crippen LogP contribution in [0.2, 0.25) is 0 Å². The molecule has 3 aromatic rings. The van der Waals surface area contributed by atoms with Crippen LogP contribution in [0.1, 0.15) is 29.2 Å². The van der Waals surface area contributed by atoms with E-state index >= 15 is 0 Å². The van der Waals surface area contributed by atoms with Crippen LogP contribution in [0, 0.1) is 17.1 Å². The Labute approximate surface area is 126 Å². The fraction of sp³-hybridized carbons (Fsp3) is 0.176. The maximum Gasteiger partial charge on any atom is 0.201 e. The highest BCUT2D eigenvalue weighted by Crippen LogP contribution is 2.34. The van der Waals surface area contributed by atoms with E-state index in [1.54, 1.807) is 12.1 Å². The normalized spacial score (nSPS) is 16.5. The standard InChI is InChI=1S/C17H13FN4/c18-12-6-4-10-5-7-14(13(10)8-12)20-17-21-15-3-1-2-11(9-19)16(15)22-17/h1-4,6,8,14H,5,7H2,(H2,20,21,22). The number of nitrogens with zero attached hydrogens (tertiary/aromatic N) is 2. The van der Waals surface area contributed by atoms with Gasteiger partial charge in [0.1, 0.15) is 17.4 Å². The molecule has 1 atom stereocenters. The first kappa shape index (κ1) is 12.8. The van der Waals surface area contributed by atoms with E-state index in [1.807, 2.05) is 18.2 Å². The van der Waals surface area contributed by atoms with Gasteiger partial charge in [0, 0.05) is 0 Å². The molecule has 0 aliphatic heterocycles. The smallest absolute Gasteiger partial charge is 0.201 e. The second-order valence-corrected chi connectivity index (χ2v) is 5.48. The number of rotatable bonds is 2. The zero-order valence-electron chi connectivity index (χ0n) is 11.7. The number of anilines is 1. The summed E-state index contributed by atoms with van der Waals surface area (Å²) in [5, 5.41) is 12.4. The number of hydrogen-bond donors (Lipinski definition) is 2. The first-order valence-electron chi connectivity index (χ1n) is 7.18. The number of imidazole rings is 1. The third-order valence-electron chi connectivity index (χ3n) is 4.13. The minimum atomic E-state index is -0.219. The van der Waals surface area contributed by atoms with Crippen molar-refractivity contribution in [3.05, 3.63) is 58.9 Å². The van der Waals surface area contributed by atoms with Crippen LogP contribution in [0.15, 0.2) is 36.4 Å². The van der Waals surface area contributed by atoms with Gasteiger partial charge < -0.3 is 10.3 Å². The van der Waals surface area contributed by atoms with Crippen LogP contribution in [0.4, 0.5) is 10.3 Å². The number of H-pyrrole nitrogens is 1. The molecule has 1 heterocycles. The van der Waals surface area contributed by atoms with Gasteiger partial charge in [-0.2, -0.15) is 5.26 Å². The van der Waals surface area contributed by atoms with Gasteiger partial charge in [-0.15, -0.1) is 0 Å². The molecule has 1 unspecified atom stereocenters. The van der Waals surface area contributed by atoms with Crippen LogP contribution in [0.25, 0.3) is 11.0 Å². The monoisotopic (exact) mass is 292 g/mol. The van der Waals surface area contributed by atoms with Crippen molar-refractivity contribution in [1.29, 1.82) is 5.26 Å². The molecule has 0 radical (unpaired) electrons. The quantitative estimate of drug-likeness (QED) is 0.757. The van der Waals surface area contributed by atoms with Crippen molar-refractivity contribution in [2.75, 3.05) is 5.32 Å². The molecule has 0 saturated heterocycles. The zero-order chi connectivity index (χ0) is 15.1. The van der Waals surface area contributed by atoms with Crippen molar-refractivity contribution < 1.29 is 4.39 Å². The van der Waals surface area contributed by atoms with Crippen LogP contribution in [0.5, 0.6) is 0 Å². The van der Waals surface area contributed by atoms with E-state index in [-0.39, 0.29) is 11.9 Å². The maximum atomic E-state index is 13.5. The van der Waals surface area contributed by atoms with Crippen molar-refractivity contribution in [3.8, 4) is 6.07 Å². The van der Waals surface area contributed by atoms with E-state index in [2.05, 4.69) is 21.4 Å². The summed E-state index contributed by atoms with van der Waals surface area (Å²) in [5.41, 5.74) is 4.18. The Morgan fingerprint density at radius 1 is 1.32 bits per heavy atom. The first-order chi connectivity index (χ1) is 10.7. The minimum absolute atomic E-state index is 0.0387. The van der Waals surface area contributed by atoms with Gasteiger partial charge in [-0.05, 0) is 48.2 Å². The van der Waals surface area contributed by atoms with Crippen molar-refractivity contribution in [2.45, 2.75) is 18.9 Å². The highest BCUT2D eigenvalue weighted by molar-refractivity contribution is 5.83. The lowest BCUT2D eigenvalue weighted by molar-refractivity contribution is 0.623. The summed E-state index contributed by atoms with van der Waals surface area (Å²) < 4.78 is 13.5. The fourth-order valence-corrected chi connectivity index (χ4v) is 3.08. The van der Waals surface area contributed by atoms with E-state index < -0.39 is 0 Å². The number of aromatic nitrogens is 2. The van der Waals surface area contributed by atoms with Crippen LogP contribution in [-0.2, 0) is 6.42 Å². The Balaban J connectivity index is 1.69. The third kappa shape index (κ3) is 2.01. The summed E-state index contributed by atoms with van der Waals surface area (Å²) in [5.74, 6) is 0.392. The average Bonchev–Trinajstić information content (AvgIpc) is 3.11. The molecular weight excluding hydrogens is 279 g/mol. The predicted molar refractivity (Wildman–Crippen MR) is 81.9 cm³/mol. The Hall–Kier alpha value is -2.87. The summed E-state index contributed by atoms with van der Waals surface area (Å²) in [7, 11) is 0. The van der Waals surface area contributed by atoms with Crippen LogP contribution >= 0.6 is 0 Å². The van der Waals surface area contributed by atoms with Gasteiger partial charge in [-0.1, -0.05) is 12.1 Å². The van der Waals surface area contributed by atoms with Gasteiger partial charge in [0.15, 0.2) is 0 Å². The number of nitriles is 1. The van der Waals surface area contributed by atoms with E-state index in [9.17, 15) is 4.39 Å². The molecule has 0 saturated carbocycles. The topological polar surface area (TPSA) is 64.5 Å². The summed E-state index contributed by atoms with van der Waals surface area (Å²) in [6, 6.07) is 12.6. The Bertz CT molecular complexity index is 907. The lowest BCUT2D eigenvalue weighted by Gasteiger charge is -2.13. The molecule has 4 nitrogen and oxygen atoms in total. The molecule has 22 heavy (non-hydrogen) atoms. The molecular formula is C17H13FN4. The zero-order valence-corrected chi connectivity index (χ0v) is 11.7. The third-order valence-corrected chi connectivity index (χ3v) is 4.13. The van der Waals surface area contributed by atoms with Crippen LogP contribution < -0.4 is 5.32 Å². The summed E-state index contributed by atoms with van der Waals surface area (Å²) in [6.45, 7) is 0. The van der Waals surface area contributed by atoms with E-state index in [4.69, 9.17) is 5.26 Å². The van der Waals surface area contributed by atoms with Crippen molar-refractivity contribution in [2.24, 2.45) is 0 Å². The highest BCUT2D eigenvalue weighted by Gasteiger charge is 2.23. The minimum Gasteiger partial charge on any atom is -0.349 e. The van der Waals surface area contributed by atoms with Gasteiger partial charge in [0.05, 0.1) is 17.1 Å². The second kappa shape index (κ2) is 4.85. The highest BCUT2D eigenvalue weighted by atomic mass is 19.1. The molecule has 2 aromatic carbocycles. The molecule has 4 rings (SSSR count). The van der Waals surface area contributed by atoms with Gasteiger partial charge in [0.25, 0.3) is 0 Å². The molecule has 0 amide bonds. The molecule has 1 aromatic heterocycles. The summed E-state index contributed by atoms with van der Waals surface area (Å²) >= 11 is 0. The van der Waals surface area contributed by atoms with E-state index in [1.165, 1.54) is 11.6 Å². The van der Waals surface area contributed by atoms with Gasteiger partial charge in [-0.3, -0.25) is 0 Å². The molecule has 1 aliphatic rings. The number of nitrogens with one attached hydrogen (secondary N) is 2. The largest absolute Gasteiger partial charge is 0.349 e. The molecule has 108 valence electrons. The molecule has 0 spiro atoms. The predicted octanol–water partition coefficient (Wildman–Crippen LogP) is 3.67. The summed E-state index contributed by atoms with van der Waals surface area (Å²) in [6.07, 6.45) is 1.83. The van der Waals surface area contributed by atoms with E-state index in [0.29, 0.717) is 17.0 Å². The number of para-hydroxylation sites is 1. The number of hydrogen-bond acceptors (Lipinski definition) is 3. The maximum absolute atomic E-state index is 13.5. The van der Waals surface area contributed by atoms with Gasteiger partial charge in [0.2, 0.25) is 5.95 Å². The Kier molecular flexibility index (Phi) is 2.83. The molecule has 5 heteroatoms.